The molecule has 8 nitrogen and oxygen atoms in total. The van der Waals surface area contributed by atoms with E-state index in [2.05, 4.69) is 8.62 Å². The normalized spacial score (nSPS) is 13.8. The van der Waals surface area contributed by atoms with Gasteiger partial charge < -0.3 is 14.7 Å². The molecule has 0 aliphatic rings. The second-order valence-electron chi connectivity index (χ2n) is 1.06. The van der Waals surface area contributed by atoms with Gasteiger partial charge >= 0.3 is 113 Å². The Morgan fingerprint density at radius 1 is 0.933 bits per heavy atom. The average molecular weight is 306 g/mol. The van der Waals surface area contributed by atoms with E-state index in [1.165, 1.54) is 0 Å². The Morgan fingerprint density at radius 3 is 1.27 bits per heavy atom. The molecule has 2 atom stereocenters. The molecule has 0 amide bonds. The summed E-state index contributed by atoms with van der Waals surface area (Å²) in [7, 11) is -12.6. The van der Waals surface area contributed by atoms with Crippen molar-refractivity contribution >= 4 is 24.3 Å². The Hall–Kier alpha value is 3.23. The van der Waals surface area contributed by atoms with Crippen molar-refractivity contribution in [3.8, 4) is 0 Å². The third-order valence-electron chi connectivity index (χ3n) is 0.333. The molecule has 15 heavy (non-hydrogen) atoms. The van der Waals surface area contributed by atoms with E-state index in [1.807, 2.05) is 0 Å². The molecular weight excluding hydrogens is 302 g/mol. The first-order chi connectivity index (χ1) is 4.83. The minimum Gasteiger partial charge on any atom is -0.750 e. The van der Waals surface area contributed by atoms with Gasteiger partial charge in [0.2, 0.25) is 0 Å². The van der Waals surface area contributed by atoms with Crippen molar-refractivity contribution in [1.82, 2.24) is 0 Å². The van der Waals surface area contributed by atoms with Crippen LogP contribution in [-0.4, -0.2) is 0 Å². The van der Waals surface area contributed by atoms with Crippen molar-refractivity contribution < 1.29 is 126 Å². The first kappa shape index (κ1) is 30.9. The molecule has 0 radical (unpaired) electrons. The zero-order valence-corrected chi connectivity index (χ0v) is 16.3. The molecule has 14 heteroatoms. The Bertz CT molecular complexity index is 211. The van der Waals surface area contributed by atoms with E-state index in [0.717, 1.165) is 0 Å². The summed E-state index contributed by atoms with van der Waals surface area (Å²) in [4.78, 5) is 29.2. The molecule has 0 saturated heterocycles. The van der Waals surface area contributed by atoms with E-state index in [1.54, 1.807) is 0 Å². The first-order valence-corrected chi connectivity index (χ1v) is 5.48. The molecule has 0 aromatic heterocycles. The third-order valence-corrected chi connectivity index (χ3v) is 3.00. The third kappa shape index (κ3) is 22.8. The maximum Gasteiger partial charge on any atom is 1.00 e. The Labute approximate surface area is 155 Å². The minimum absolute atomic E-state index is 0. The van der Waals surface area contributed by atoms with E-state index < -0.39 is 24.3 Å². The van der Waals surface area contributed by atoms with Gasteiger partial charge in [0.05, 0.1) is 0 Å². The van der Waals surface area contributed by atoms with E-state index in [-0.39, 0.29) is 96.1 Å². The van der Waals surface area contributed by atoms with Crippen molar-refractivity contribution in [2.75, 3.05) is 0 Å². The van der Waals surface area contributed by atoms with E-state index in [0.29, 0.717) is 0 Å². The average Bonchev–Trinajstić information content (AvgIpc) is 1.53. The van der Waals surface area contributed by atoms with Gasteiger partial charge in [0.1, 0.15) is 0 Å². The fourth-order valence-electron chi connectivity index (χ4n) is 0.178. The largest absolute Gasteiger partial charge is 1.00 e. The maximum atomic E-state index is 10.1. The monoisotopic (exact) mass is 306 g/mol. The van der Waals surface area contributed by atoms with Crippen molar-refractivity contribution in [1.29, 1.82) is 0 Å². The molecule has 0 heterocycles. The van der Waals surface area contributed by atoms with Crippen LogP contribution in [0, 0.1) is 0 Å². The molecule has 0 rings (SSSR count). The quantitative estimate of drug-likeness (QED) is 0.368. The standard InChI is InChI=1S/CH4.3Na.HO8P3/c;;;;1-9(2)7-11(5,6)8-10(3)4/h1H4;;;;(H,5,6)/q;3*+1;/p-1. The van der Waals surface area contributed by atoms with Gasteiger partial charge in [0.15, 0.2) is 0 Å². The zero-order valence-electron chi connectivity index (χ0n) is 7.61. The summed E-state index contributed by atoms with van der Waals surface area (Å²) in [6, 6.07) is 0. The second-order valence-corrected chi connectivity index (χ2v) is 4.15. The summed E-state index contributed by atoms with van der Waals surface area (Å²) in [5.74, 6) is 0. The predicted molar refractivity (Wildman–Crippen MR) is 31.7 cm³/mol. The van der Waals surface area contributed by atoms with Crippen molar-refractivity contribution in [3.05, 3.63) is 0 Å². The van der Waals surface area contributed by atoms with Gasteiger partial charge in [-0.05, 0) is 9.13 Å². The molecule has 0 spiro atoms. The Morgan fingerprint density at radius 2 is 1.13 bits per heavy atom. The summed E-state index contributed by atoms with van der Waals surface area (Å²) in [6.07, 6.45) is 0. The Kier molecular flexibility index (Phi) is 31.5. The molecule has 0 bridgehead atoms. The molecular formula is CH4Na3O8P3+2. The summed E-state index contributed by atoms with van der Waals surface area (Å²) in [5.41, 5.74) is 0. The van der Waals surface area contributed by atoms with Crippen LogP contribution in [0.2, 0.25) is 0 Å². The zero-order chi connectivity index (χ0) is 9.07. The summed E-state index contributed by atoms with van der Waals surface area (Å²) in [5, 5.41) is 0. The van der Waals surface area contributed by atoms with E-state index in [9.17, 15) is 28.4 Å². The van der Waals surface area contributed by atoms with E-state index in [4.69, 9.17) is 0 Å². The van der Waals surface area contributed by atoms with Gasteiger partial charge in [-0.15, -0.1) is 0 Å². The smallest absolute Gasteiger partial charge is 0.750 e. The number of hydrogen-bond donors (Lipinski definition) is 0. The predicted octanol–water partition coefficient (Wildman–Crippen LogP) is -9.83. The van der Waals surface area contributed by atoms with Crippen LogP contribution in [0.5, 0.6) is 0 Å². The first-order valence-electron chi connectivity index (χ1n) is 1.83. The van der Waals surface area contributed by atoms with Gasteiger partial charge in [-0.2, -0.15) is 0 Å². The molecule has 0 aliphatic carbocycles. The SMILES string of the molecule is C.O=[P+]([O-])OP(=O)([O-])O[P+](=O)[O-].[Na+].[Na+].[Na+]. The van der Waals surface area contributed by atoms with Gasteiger partial charge in [0, 0.05) is 0 Å². The number of phosphoric acid groups is 1. The molecule has 2 unspecified atom stereocenters. The van der Waals surface area contributed by atoms with Crippen molar-refractivity contribution in [2.45, 2.75) is 7.43 Å². The van der Waals surface area contributed by atoms with Crippen LogP contribution >= 0.6 is 24.3 Å². The van der Waals surface area contributed by atoms with Crippen LogP contribution in [-0.2, 0) is 22.3 Å². The Balaban J connectivity index is -0.0000000833. The van der Waals surface area contributed by atoms with Crippen molar-refractivity contribution in [3.63, 3.8) is 0 Å². The van der Waals surface area contributed by atoms with Gasteiger partial charge in [0.25, 0.3) is 0 Å². The topological polar surface area (TPSA) is 139 Å². The fourth-order valence-corrected chi connectivity index (χ4v) is 1.87. The van der Waals surface area contributed by atoms with Gasteiger partial charge in [-0.25, -0.2) is 0 Å². The maximum absolute atomic E-state index is 10.1. The van der Waals surface area contributed by atoms with Crippen LogP contribution in [0.4, 0.5) is 0 Å². The molecule has 0 saturated carbocycles. The summed E-state index contributed by atoms with van der Waals surface area (Å²) >= 11 is 0. The molecule has 72 valence electrons. The van der Waals surface area contributed by atoms with Crippen LogP contribution in [0.25, 0.3) is 0 Å². The van der Waals surface area contributed by atoms with Crippen LogP contribution < -0.4 is 103 Å². The van der Waals surface area contributed by atoms with Crippen molar-refractivity contribution in [2.24, 2.45) is 0 Å². The molecule has 0 fully saturated rings. The molecule has 0 aliphatic heterocycles. The molecule has 0 N–H and O–H groups in total. The molecule has 0 aromatic carbocycles. The fraction of sp³-hybridized carbons (Fsp3) is 1.00. The van der Waals surface area contributed by atoms with Gasteiger partial charge in [-0.3, -0.25) is 4.57 Å². The minimum atomic E-state index is -5.25. The van der Waals surface area contributed by atoms with Crippen LogP contribution in [0.3, 0.4) is 0 Å². The van der Waals surface area contributed by atoms with Gasteiger partial charge in [-0.1, -0.05) is 16.0 Å². The van der Waals surface area contributed by atoms with Crippen LogP contribution in [0.1, 0.15) is 7.43 Å². The van der Waals surface area contributed by atoms with Crippen LogP contribution in [0.15, 0.2) is 0 Å². The van der Waals surface area contributed by atoms with E-state index >= 15 is 0 Å². The number of hydrogen-bond acceptors (Lipinski definition) is 8. The molecule has 0 aromatic rings. The summed E-state index contributed by atoms with van der Waals surface area (Å²) in [6.45, 7) is 0. The number of rotatable bonds is 4. The second kappa shape index (κ2) is 15.3. The summed E-state index contributed by atoms with van der Waals surface area (Å²) < 4.78 is 35.4.